The fourth-order valence-corrected chi connectivity index (χ4v) is 4.80. The molecule has 2 N–H and O–H groups in total. The normalized spacial score (nSPS) is 20.4. The first-order chi connectivity index (χ1) is 14.4. The molecule has 30 heavy (non-hydrogen) atoms. The Balaban J connectivity index is 1.66. The van der Waals surface area contributed by atoms with Crippen LogP contribution in [0, 0.1) is 13.8 Å². The molecule has 7 heteroatoms. The fraction of sp³-hybridized carbons (Fsp3) is 0.565. The smallest absolute Gasteiger partial charge is 0.191 e. The molecule has 2 aromatic rings. The molecule has 1 aromatic carbocycles. The second-order valence-corrected chi connectivity index (χ2v) is 9.30. The van der Waals surface area contributed by atoms with Gasteiger partial charge >= 0.3 is 0 Å². The first-order valence-corrected chi connectivity index (χ1v) is 11.7. The molecule has 1 aliphatic rings. The van der Waals surface area contributed by atoms with Crippen LogP contribution in [0.5, 0.6) is 0 Å². The van der Waals surface area contributed by atoms with Gasteiger partial charge in [0.1, 0.15) is 0 Å². The third kappa shape index (κ3) is 6.52. The first kappa shape index (κ1) is 22.7. The van der Waals surface area contributed by atoms with Crippen LogP contribution >= 0.6 is 11.3 Å². The Labute approximate surface area is 184 Å². The molecule has 1 saturated heterocycles. The van der Waals surface area contributed by atoms with Crippen molar-refractivity contribution in [3.63, 3.8) is 0 Å². The Bertz CT molecular complexity index is 840. The molecule has 1 aliphatic heterocycles. The monoisotopic (exact) mass is 429 g/mol. The fourth-order valence-electron chi connectivity index (χ4n) is 3.93. The zero-order valence-electron chi connectivity index (χ0n) is 18.9. The highest BCUT2D eigenvalue weighted by Crippen LogP contribution is 2.18. The molecule has 2 heterocycles. The predicted molar refractivity (Wildman–Crippen MR) is 125 cm³/mol. The quantitative estimate of drug-likeness (QED) is 0.520. The number of hydrogen-bond donors (Lipinski definition) is 2. The summed E-state index contributed by atoms with van der Waals surface area (Å²) in [5, 5.41) is 7.92. The second-order valence-electron chi connectivity index (χ2n) is 8.01. The number of nitrogens with zero attached hydrogens (tertiary/aromatic N) is 3. The van der Waals surface area contributed by atoms with Crippen LogP contribution in [-0.4, -0.2) is 47.7 Å². The molecule has 2 unspecified atom stereocenters. The van der Waals surface area contributed by atoms with Gasteiger partial charge in [-0.05, 0) is 45.7 Å². The van der Waals surface area contributed by atoms with Crippen LogP contribution in [0.2, 0.25) is 0 Å². The Kier molecular flexibility index (Phi) is 8.24. The minimum atomic E-state index is 0.280. The lowest BCUT2D eigenvalue weighted by molar-refractivity contribution is -0.0705. The average Bonchev–Trinajstić information content (AvgIpc) is 3.01. The summed E-state index contributed by atoms with van der Waals surface area (Å²) in [5.74, 6) is 0.839. The molecule has 1 aromatic heterocycles. The molecule has 0 amide bonds. The Morgan fingerprint density at radius 3 is 2.50 bits per heavy atom. The minimum absolute atomic E-state index is 0.280. The van der Waals surface area contributed by atoms with Gasteiger partial charge in [0.25, 0.3) is 0 Å². The van der Waals surface area contributed by atoms with Gasteiger partial charge in [-0.3, -0.25) is 4.90 Å². The summed E-state index contributed by atoms with van der Waals surface area (Å²) < 4.78 is 5.88. The number of guanidine groups is 1. The summed E-state index contributed by atoms with van der Waals surface area (Å²) >= 11 is 1.74. The number of aryl methyl sites for hydroxylation is 2. The summed E-state index contributed by atoms with van der Waals surface area (Å²) in [5.41, 5.74) is 3.71. The number of ether oxygens (including phenoxy) is 1. The van der Waals surface area contributed by atoms with Crippen LogP contribution in [0.15, 0.2) is 29.3 Å². The van der Waals surface area contributed by atoms with E-state index in [0.717, 1.165) is 49.4 Å². The highest BCUT2D eigenvalue weighted by Gasteiger charge is 2.22. The van der Waals surface area contributed by atoms with Gasteiger partial charge < -0.3 is 15.4 Å². The van der Waals surface area contributed by atoms with Gasteiger partial charge in [-0.25, -0.2) is 9.98 Å². The van der Waals surface area contributed by atoms with E-state index < -0.39 is 0 Å². The maximum Gasteiger partial charge on any atom is 0.191 e. The van der Waals surface area contributed by atoms with E-state index in [-0.39, 0.29) is 12.2 Å². The zero-order chi connectivity index (χ0) is 21.5. The molecule has 0 spiro atoms. The van der Waals surface area contributed by atoms with Crippen LogP contribution in [0.25, 0.3) is 0 Å². The lowest BCUT2D eigenvalue weighted by Gasteiger charge is -2.35. The van der Waals surface area contributed by atoms with E-state index >= 15 is 0 Å². The average molecular weight is 430 g/mol. The van der Waals surface area contributed by atoms with Crippen molar-refractivity contribution in [2.75, 3.05) is 19.6 Å². The van der Waals surface area contributed by atoms with Gasteiger partial charge in [-0.1, -0.05) is 24.3 Å². The van der Waals surface area contributed by atoms with Crippen LogP contribution in [0.3, 0.4) is 0 Å². The van der Waals surface area contributed by atoms with Crippen molar-refractivity contribution < 1.29 is 4.74 Å². The predicted octanol–water partition coefficient (Wildman–Crippen LogP) is 3.62. The molecule has 0 radical (unpaired) electrons. The van der Waals surface area contributed by atoms with Crippen LogP contribution in [-0.2, 0) is 24.4 Å². The number of aliphatic imine (C=N–C) groups is 1. The third-order valence-corrected chi connectivity index (χ3v) is 6.25. The van der Waals surface area contributed by atoms with Crippen LogP contribution in [0.4, 0.5) is 0 Å². The van der Waals surface area contributed by atoms with Gasteiger partial charge in [0.05, 0.1) is 36.0 Å². The van der Waals surface area contributed by atoms with Gasteiger partial charge in [0, 0.05) is 31.1 Å². The topological polar surface area (TPSA) is 61.8 Å². The SMILES string of the molecule is CCNC(=NCc1ccccc1CN1CC(C)OC(C)C1)NCc1sc(C)nc1C. The molecular weight excluding hydrogens is 394 g/mol. The molecule has 0 aliphatic carbocycles. The van der Waals surface area contributed by atoms with Gasteiger partial charge in [-0.2, -0.15) is 0 Å². The minimum Gasteiger partial charge on any atom is -0.373 e. The summed E-state index contributed by atoms with van der Waals surface area (Å²) in [6.45, 7) is 15.6. The largest absolute Gasteiger partial charge is 0.373 e. The summed E-state index contributed by atoms with van der Waals surface area (Å²) in [6.07, 6.45) is 0.560. The van der Waals surface area contributed by atoms with E-state index in [1.165, 1.54) is 16.0 Å². The van der Waals surface area contributed by atoms with E-state index in [0.29, 0.717) is 6.54 Å². The molecular formula is C23H35N5OS. The van der Waals surface area contributed by atoms with Crippen molar-refractivity contribution in [1.82, 2.24) is 20.5 Å². The number of hydrogen-bond acceptors (Lipinski definition) is 5. The van der Waals surface area contributed by atoms with Gasteiger partial charge in [0.2, 0.25) is 0 Å². The number of morpholine rings is 1. The first-order valence-electron chi connectivity index (χ1n) is 10.8. The number of benzene rings is 1. The maximum absolute atomic E-state index is 5.88. The van der Waals surface area contributed by atoms with E-state index in [4.69, 9.17) is 9.73 Å². The molecule has 0 bridgehead atoms. The van der Waals surface area contributed by atoms with Crippen LogP contribution < -0.4 is 10.6 Å². The van der Waals surface area contributed by atoms with Crippen molar-refractivity contribution in [1.29, 1.82) is 0 Å². The van der Waals surface area contributed by atoms with E-state index in [9.17, 15) is 0 Å². The summed E-state index contributed by atoms with van der Waals surface area (Å²) in [6, 6.07) is 8.63. The number of nitrogens with one attached hydrogen (secondary N) is 2. The standard InChI is InChI=1S/C23H35N5OS/c1-6-24-23(26-12-22-18(4)27-19(5)30-22)25-11-20-9-7-8-10-21(20)15-28-13-16(2)29-17(3)14-28/h7-10,16-17H,6,11-15H2,1-5H3,(H2,24,25,26). The lowest BCUT2D eigenvalue weighted by Crippen LogP contribution is -2.44. The lowest BCUT2D eigenvalue weighted by atomic mass is 10.1. The van der Waals surface area contributed by atoms with Gasteiger partial charge in [0.15, 0.2) is 5.96 Å². The molecule has 1 fully saturated rings. The molecule has 164 valence electrons. The zero-order valence-corrected chi connectivity index (χ0v) is 19.7. The van der Waals surface area contributed by atoms with E-state index in [2.05, 4.69) is 72.5 Å². The van der Waals surface area contributed by atoms with E-state index in [1.54, 1.807) is 11.3 Å². The molecule has 2 atom stereocenters. The highest BCUT2D eigenvalue weighted by molar-refractivity contribution is 7.11. The van der Waals surface area contributed by atoms with Crippen molar-refractivity contribution in [2.45, 2.75) is 66.5 Å². The summed E-state index contributed by atoms with van der Waals surface area (Å²) in [4.78, 5) is 13.1. The van der Waals surface area contributed by atoms with Crippen molar-refractivity contribution in [2.24, 2.45) is 4.99 Å². The maximum atomic E-state index is 5.88. The van der Waals surface area contributed by atoms with Crippen molar-refractivity contribution in [3.8, 4) is 0 Å². The number of aromatic nitrogens is 1. The van der Waals surface area contributed by atoms with Crippen LogP contribution in [0.1, 0.15) is 47.5 Å². The van der Waals surface area contributed by atoms with Crippen molar-refractivity contribution in [3.05, 3.63) is 51.0 Å². The molecule has 0 saturated carbocycles. The molecule has 6 nitrogen and oxygen atoms in total. The second kappa shape index (κ2) is 10.9. The van der Waals surface area contributed by atoms with Gasteiger partial charge in [-0.15, -0.1) is 11.3 Å². The Hall–Kier alpha value is -1.96. The number of rotatable bonds is 7. The summed E-state index contributed by atoms with van der Waals surface area (Å²) in [7, 11) is 0. The van der Waals surface area contributed by atoms with Crippen molar-refractivity contribution >= 4 is 17.3 Å². The third-order valence-electron chi connectivity index (χ3n) is 5.18. The Morgan fingerprint density at radius 1 is 1.17 bits per heavy atom. The highest BCUT2D eigenvalue weighted by atomic mass is 32.1. The number of thiazole rings is 1. The molecule has 3 rings (SSSR count). The Morgan fingerprint density at radius 2 is 1.87 bits per heavy atom. The van der Waals surface area contributed by atoms with E-state index in [1.807, 2.05) is 6.92 Å².